The van der Waals surface area contributed by atoms with E-state index < -0.39 is 0 Å². The lowest BCUT2D eigenvalue weighted by Gasteiger charge is -2.07. The van der Waals surface area contributed by atoms with E-state index >= 15 is 0 Å². The smallest absolute Gasteiger partial charge is 0.321 e. The second kappa shape index (κ2) is 7.44. The summed E-state index contributed by atoms with van der Waals surface area (Å²) in [5.41, 5.74) is 0. The van der Waals surface area contributed by atoms with Gasteiger partial charge in [-0.25, -0.2) is 0 Å². The summed E-state index contributed by atoms with van der Waals surface area (Å²) in [6, 6.07) is 8.29. The molecule has 0 radical (unpaired) electrons. The first-order chi connectivity index (χ1) is 9.71. The van der Waals surface area contributed by atoms with E-state index in [4.69, 9.17) is 4.74 Å². The zero-order valence-electron chi connectivity index (χ0n) is 11.3. The van der Waals surface area contributed by atoms with E-state index in [0.29, 0.717) is 17.1 Å². The second-order valence-corrected chi connectivity index (χ2v) is 5.87. The summed E-state index contributed by atoms with van der Waals surface area (Å²) >= 11 is 4.88. The third kappa shape index (κ3) is 4.35. The summed E-state index contributed by atoms with van der Waals surface area (Å²) in [6.07, 6.45) is 1.00. The molecule has 1 aromatic carbocycles. The molecule has 0 unspecified atom stereocenters. The van der Waals surface area contributed by atoms with Crippen LogP contribution in [0.1, 0.15) is 13.3 Å². The van der Waals surface area contributed by atoms with Gasteiger partial charge in [0.05, 0.1) is 7.11 Å². The highest BCUT2D eigenvalue weighted by atomic mass is 79.9. The molecule has 106 valence electrons. The molecule has 0 atom stereocenters. The van der Waals surface area contributed by atoms with E-state index in [1.54, 1.807) is 7.11 Å². The Morgan fingerprint density at radius 3 is 2.60 bits per heavy atom. The zero-order chi connectivity index (χ0) is 14.4. The number of rotatable bonds is 6. The molecule has 0 saturated carbocycles. The minimum Gasteiger partial charge on any atom is -0.467 e. The molecule has 0 aliphatic rings. The van der Waals surface area contributed by atoms with Gasteiger partial charge in [0.2, 0.25) is 11.1 Å². The highest BCUT2D eigenvalue weighted by molar-refractivity contribution is 9.10. The van der Waals surface area contributed by atoms with Gasteiger partial charge in [0, 0.05) is 15.9 Å². The van der Waals surface area contributed by atoms with Crippen LogP contribution in [0.25, 0.3) is 0 Å². The molecule has 7 heteroatoms. The van der Waals surface area contributed by atoms with Crippen molar-refractivity contribution < 1.29 is 4.74 Å². The Labute approximate surface area is 130 Å². The molecule has 1 heterocycles. The lowest BCUT2D eigenvalue weighted by atomic mass is 10.4. The van der Waals surface area contributed by atoms with Crippen LogP contribution in [-0.2, 0) is 0 Å². The molecule has 2 aromatic rings. The summed E-state index contributed by atoms with van der Waals surface area (Å²) in [5.74, 6) is 0.540. The Balaban J connectivity index is 2.19. The summed E-state index contributed by atoms with van der Waals surface area (Å²) in [5, 5.41) is 3.75. The van der Waals surface area contributed by atoms with Crippen LogP contribution in [-0.4, -0.2) is 28.6 Å². The predicted molar refractivity (Wildman–Crippen MR) is 83.4 cm³/mol. The Morgan fingerprint density at radius 2 is 1.95 bits per heavy atom. The average Bonchev–Trinajstić information content (AvgIpc) is 2.47. The Kier molecular flexibility index (Phi) is 5.60. The van der Waals surface area contributed by atoms with E-state index in [-0.39, 0.29) is 0 Å². The third-order valence-corrected chi connectivity index (χ3v) is 3.73. The Hall–Kier alpha value is -1.34. The lowest BCUT2D eigenvalue weighted by molar-refractivity contribution is 0.373. The number of hydrogen-bond acceptors (Lipinski definition) is 6. The first kappa shape index (κ1) is 15.1. The Morgan fingerprint density at radius 1 is 1.20 bits per heavy atom. The van der Waals surface area contributed by atoms with Crippen molar-refractivity contribution in [2.45, 2.75) is 23.4 Å². The van der Waals surface area contributed by atoms with Crippen LogP contribution >= 0.6 is 27.7 Å². The largest absolute Gasteiger partial charge is 0.467 e. The summed E-state index contributed by atoms with van der Waals surface area (Å²) in [4.78, 5) is 13.8. The zero-order valence-corrected chi connectivity index (χ0v) is 13.7. The van der Waals surface area contributed by atoms with Crippen molar-refractivity contribution in [3.05, 3.63) is 28.7 Å². The summed E-state index contributed by atoms with van der Waals surface area (Å²) in [7, 11) is 1.55. The number of ether oxygens (including phenoxy) is 1. The minimum absolute atomic E-state index is 0.318. The van der Waals surface area contributed by atoms with Gasteiger partial charge in [-0.3, -0.25) is 0 Å². The van der Waals surface area contributed by atoms with E-state index in [1.807, 2.05) is 24.3 Å². The topological polar surface area (TPSA) is 59.9 Å². The number of nitrogens with zero attached hydrogens (tertiary/aromatic N) is 3. The molecular formula is C13H15BrN4OS. The van der Waals surface area contributed by atoms with Crippen LogP contribution in [0.5, 0.6) is 6.01 Å². The molecule has 1 aromatic heterocycles. The van der Waals surface area contributed by atoms with Crippen molar-refractivity contribution in [2.24, 2.45) is 0 Å². The van der Waals surface area contributed by atoms with Gasteiger partial charge in [0.1, 0.15) is 0 Å². The van der Waals surface area contributed by atoms with Crippen LogP contribution < -0.4 is 10.1 Å². The molecule has 1 N–H and O–H groups in total. The molecule has 0 fully saturated rings. The quantitative estimate of drug-likeness (QED) is 0.854. The normalized spacial score (nSPS) is 10.3. The van der Waals surface area contributed by atoms with Crippen LogP contribution in [0.15, 0.2) is 38.8 Å². The highest BCUT2D eigenvalue weighted by Crippen LogP contribution is 2.27. The highest BCUT2D eigenvalue weighted by Gasteiger charge is 2.08. The van der Waals surface area contributed by atoms with Crippen molar-refractivity contribution >= 4 is 33.6 Å². The third-order valence-electron chi connectivity index (χ3n) is 2.33. The van der Waals surface area contributed by atoms with Crippen LogP contribution in [0.3, 0.4) is 0 Å². The monoisotopic (exact) mass is 354 g/mol. The molecule has 0 spiro atoms. The predicted octanol–water partition coefficient (Wildman–Crippen LogP) is 3.62. The molecule has 5 nitrogen and oxygen atoms in total. The number of hydrogen-bond donors (Lipinski definition) is 1. The molecule has 0 saturated heterocycles. The molecule has 0 bridgehead atoms. The number of nitrogens with one attached hydrogen (secondary N) is 1. The molecule has 2 rings (SSSR count). The van der Waals surface area contributed by atoms with Gasteiger partial charge in [-0.2, -0.15) is 15.0 Å². The van der Waals surface area contributed by atoms with Crippen molar-refractivity contribution in [1.82, 2.24) is 15.0 Å². The fourth-order valence-corrected chi connectivity index (χ4v) is 2.40. The molecular weight excluding hydrogens is 340 g/mol. The van der Waals surface area contributed by atoms with Crippen molar-refractivity contribution in [3.8, 4) is 6.01 Å². The fourth-order valence-electron chi connectivity index (χ4n) is 1.40. The van der Waals surface area contributed by atoms with Gasteiger partial charge in [0.15, 0.2) is 0 Å². The van der Waals surface area contributed by atoms with E-state index in [0.717, 1.165) is 22.3 Å². The Bertz CT molecular complexity index is 565. The van der Waals surface area contributed by atoms with Gasteiger partial charge in [-0.1, -0.05) is 22.9 Å². The maximum absolute atomic E-state index is 5.11. The van der Waals surface area contributed by atoms with Gasteiger partial charge in [-0.15, -0.1) is 0 Å². The second-order valence-electron chi connectivity index (χ2n) is 3.91. The maximum atomic E-state index is 5.11. The number of anilines is 1. The van der Waals surface area contributed by atoms with Gasteiger partial charge < -0.3 is 10.1 Å². The van der Waals surface area contributed by atoms with Gasteiger partial charge in [0.25, 0.3) is 0 Å². The molecule has 20 heavy (non-hydrogen) atoms. The van der Waals surface area contributed by atoms with Crippen LogP contribution in [0, 0.1) is 0 Å². The minimum atomic E-state index is 0.318. The van der Waals surface area contributed by atoms with E-state index in [9.17, 15) is 0 Å². The maximum Gasteiger partial charge on any atom is 0.321 e. The fraction of sp³-hybridized carbons (Fsp3) is 0.308. The van der Waals surface area contributed by atoms with Crippen molar-refractivity contribution in [3.63, 3.8) is 0 Å². The standard InChI is InChI=1S/C13H15BrN4OS/c1-3-8-15-11-16-12(19-2)18-13(17-11)20-10-6-4-9(14)5-7-10/h4-7H,3,8H2,1-2H3,(H,15,16,17,18). The number of methoxy groups -OCH3 is 1. The van der Waals surface area contributed by atoms with E-state index in [1.165, 1.54) is 11.8 Å². The first-order valence-corrected chi connectivity index (χ1v) is 7.79. The lowest BCUT2D eigenvalue weighted by Crippen LogP contribution is -2.07. The molecule has 0 aliphatic heterocycles. The van der Waals surface area contributed by atoms with E-state index in [2.05, 4.69) is 43.1 Å². The van der Waals surface area contributed by atoms with Crippen LogP contribution in [0.2, 0.25) is 0 Å². The SMILES string of the molecule is CCCNc1nc(OC)nc(Sc2ccc(Br)cc2)n1. The summed E-state index contributed by atoms with van der Waals surface area (Å²) < 4.78 is 6.15. The number of aromatic nitrogens is 3. The first-order valence-electron chi connectivity index (χ1n) is 6.18. The molecule has 0 amide bonds. The van der Waals surface area contributed by atoms with Crippen LogP contribution in [0.4, 0.5) is 5.95 Å². The van der Waals surface area contributed by atoms with Crippen molar-refractivity contribution in [2.75, 3.05) is 19.0 Å². The number of benzene rings is 1. The number of halogens is 1. The van der Waals surface area contributed by atoms with Gasteiger partial charge >= 0.3 is 6.01 Å². The average molecular weight is 355 g/mol. The molecule has 0 aliphatic carbocycles. The van der Waals surface area contributed by atoms with Crippen molar-refractivity contribution in [1.29, 1.82) is 0 Å². The van der Waals surface area contributed by atoms with Gasteiger partial charge in [-0.05, 0) is 42.4 Å². The summed E-state index contributed by atoms with van der Waals surface area (Å²) in [6.45, 7) is 2.90.